The van der Waals surface area contributed by atoms with Crippen LogP contribution in [0.5, 0.6) is 0 Å². The van der Waals surface area contributed by atoms with Gasteiger partial charge in [-0.2, -0.15) is 0 Å². The van der Waals surface area contributed by atoms with E-state index in [4.69, 9.17) is 0 Å². The first-order valence-corrected chi connectivity index (χ1v) is 12.4. The lowest BCUT2D eigenvalue weighted by atomic mass is 10.2. The zero-order valence-corrected chi connectivity index (χ0v) is 18.8. The Bertz CT molecular complexity index is 1220. The van der Waals surface area contributed by atoms with Gasteiger partial charge in [-0.05, 0) is 49.1 Å². The van der Waals surface area contributed by atoms with Crippen LogP contribution < -0.4 is 10.6 Å². The molecule has 1 saturated carbocycles. The van der Waals surface area contributed by atoms with E-state index >= 15 is 0 Å². The number of rotatable bonds is 8. The SMILES string of the molecule is C[C@@H](NC(=O)C[C@@H]1C[C@@H]1c1nc2ccccc2[nH]1)C(=O)NCc1ccc(S(C)(=O)=O)cc1. The van der Waals surface area contributed by atoms with Crippen molar-refractivity contribution >= 4 is 32.7 Å². The number of hydrogen-bond acceptors (Lipinski definition) is 5. The summed E-state index contributed by atoms with van der Waals surface area (Å²) in [6.45, 7) is 1.89. The molecule has 4 rings (SSSR count). The normalized spacial score (nSPS) is 18.8. The van der Waals surface area contributed by atoms with Crippen molar-refractivity contribution in [2.45, 2.75) is 43.2 Å². The third-order valence-corrected chi connectivity index (χ3v) is 6.85. The number of fused-ring (bicyclic) bond motifs is 1. The topological polar surface area (TPSA) is 121 Å². The molecule has 168 valence electrons. The minimum atomic E-state index is -3.25. The molecule has 8 nitrogen and oxygen atoms in total. The van der Waals surface area contributed by atoms with Gasteiger partial charge in [-0.1, -0.05) is 24.3 Å². The Kier molecular flexibility index (Phi) is 6.01. The molecule has 1 heterocycles. The molecule has 0 spiro atoms. The van der Waals surface area contributed by atoms with Crippen LogP contribution in [0.2, 0.25) is 0 Å². The van der Waals surface area contributed by atoms with Crippen molar-refractivity contribution < 1.29 is 18.0 Å². The molecular weight excluding hydrogens is 428 g/mol. The van der Waals surface area contributed by atoms with Crippen LogP contribution in [0.15, 0.2) is 53.4 Å². The van der Waals surface area contributed by atoms with E-state index in [0.717, 1.165) is 35.1 Å². The summed E-state index contributed by atoms with van der Waals surface area (Å²) in [5, 5.41) is 5.52. The fourth-order valence-corrected chi connectivity index (χ4v) is 4.39. The number of nitrogens with zero attached hydrogens (tertiary/aromatic N) is 1. The lowest BCUT2D eigenvalue weighted by Gasteiger charge is -2.14. The minimum Gasteiger partial charge on any atom is -0.350 e. The second kappa shape index (κ2) is 8.74. The first-order valence-electron chi connectivity index (χ1n) is 10.5. The average molecular weight is 455 g/mol. The summed E-state index contributed by atoms with van der Waals surface area (Å²) in [4.78, 5) is 32.9. The van der Waals surface area contributed by atoms with E-state index in [-0.39, 0.29) is 35.1 Å². The molecule has 3 atom stereocenters. The van der Waals surface area contributed by atoms with Crippen molar-refractivity contribution in [2.75, 3.05) is 6.26 Å². The molecule has 2 aromatic carbocycles. The van der Waals surface area contributed by atoms with Crippen molar-refractivity contribution in [1.82, 2.24) is 20.6 Å². The first-order chi connectivity index (χ1) is 15.2. The lowest BCUT2D eigenvalue weighted by Crippen LogP contribution is -2.44. The standard InChI is InChI=1S/C23H26N4O4S/c1-14(23(29)24-13-15-7-9-17(10-8-15)32(2,30)31)25-21(28)12-16-11-18(16)22-26-19-5-3-4-6-20(19)27-22/h3-10,14,16,18H,11-13H2,1-2H3,(H,24,29)(H,25,28)(H,26,27)/t14-,16+,18+/m1/s1. The number of nitrogens with one attached hydrogen (secondary N) is 3. The third kappa shape index (κ3) is 5.16. The van der Waals surface area contributed by atoms with Gasteiger partial charge in [0, 0.05) is 25.1 Å². The van der Waals surface area contributed by atoms with Gasteiger partial charge in [-0.3, -0.25) is 9.59 Å². The van der Waals surface area contributed by atoms with E-state index in [1.165, 1.54) is 12.1 Å². The molecule has 0 aliphatic heterocycles. The third-order valence-electron chi connectivity index (χ3n) is 5.72. The summed E-state index contributed by atoms with van der Waals surface area (Å²) in [6.07, 6.45) is 2.40. The van der Waals surface area contributed by atoms with Gasteiger partial charge in [0.15, 0.2) is 9.84 Å². The summed E-state index contributed by atoms with van der Waals surface area (Å²) < 4.78 is 23.0. The van der Waals surface area contributed by atoms with Gasteiger partial charge < -0.3 is 15.6 Å². The van der Waals surface area contributed by atoms with Gasteiger partial charge in [-0.25, -0.2) is 13.4 Å². The quantitative estimate of drug-likeness (QED) is 0.482. The van der Waals surface area contributed by atoms with Gasteiger partial charge >= 0.3 is 0 Å². The Morgan fingerprint density at radius 2 is 1.88 bits per heavy atom. The van der Waals surface area contributed by atoms with Gasteiger partial charge in [0.05, 0.1) is 15.9 Å². The highest BCUT2D eigenvalue weighted by Crippen LogP contribution is 2.48. The smallest absolute Gasteiger partial charge is 0.242 e. The second-order valence-corrected chi connectivity index (χ2v) is 10.4. The molecular formula is C23H26N4O4S. The van der Waals surface area contributed by atoms with Crippen LogP contribution in [0.3, 0.4) is 0 Å². The van der Waals surface area contributed by atoms with Crippen LogP contribution >= 0.6 is 0 Å². The highest BCUT2D eigenvalue weighted by atomic mass is 32.2. The molecule has 0 saturated heterocycles. The van der Waals surface area contributed by atoms with Crippen molar-refractivity contribution in [1.29, 1.82) is 0 Å². The number of aromatic amines is 1. The molecule has 9 heteroatoms. The minimum absolute atomic E-state index is 0.159. The Hall–Kier alpha value is -3.20. The Morgan fingerprint density at radius 1 is 1.16 bits per heavy atom. The highest BCUT2D eigenvalue weighted by molar-refractivity contribution is 7.90. The Balaban J connectivity index is 1.22. The van der Waals surface area contributed by atoms with E-state index in [1.54, 1.807) is 19.1 Å². The number of carbonyl (C=O) groups is 2. The number of amides is 2. The Labute approximate surface area is 186 Å². The summed E-state index contributed by atoms with van der Waals surface area (Å²) >= 11 is 0. The van der Waals surface area contributed by atoms with Crippen molar-refractivity contribution in [3.8, 4) is 0 Å². The van der Waals surface area contributed by atoms with Crippen LogP contribution in [0.25, 0.3) is 11.0 Å². The maximum atomic E-state index is 12.4. The fraction of sp³-hybridized carbons (Fsp3) is 0.348. The molecule has 0 bridgehead atoms. The van der Waals surface area contributed by atoms with Gasteiger partial charge in [0.2, 0.25) is 11.8 Å². The molecule has 1 aliphatic rings. The predicted octanol–water partition coefficient (Wildman–Crippen LogP) is 2.28. The molecule has 32 heavy (non-hydrogen) atoms. The van der Waals surface area contributed by atoms with Crippen molar-refractivity contribution in [2.24, 2.45) is 5.92 Å². The molecule has 2 amide bonds. The molecule has 3 aromatic rings. The van der Waals surface area contributed by atoms with Crippen LogP contribution in [-0.2, 0) is 26.0 Å². The summed E-state index contributed by atoms with van der Waals surface area (Å²) in [6, 6.07) is 13.5. The average Bonchev–Trinajstić information content (AvgIpc) is 3.37. The zero-order valence-electron chi connectivity index (χ0n) is 18.0. The summed E-state index contributed by atoms with van der Waals surface area (Å²) in [7, 11) is -3.25. The zero-order chi connectivity index (χ0) is 22.9. The second-order valence-electron chi connectivity index (χ2n) is 8.37. The van der Waals surface area contributed by atoms with Gasteiger partial charge in [0.1, 0.15) is 11.9 Å². The number of imidazole rings is 1. The summed E-state index contributed by atoms with van der Waals surface area (Å²) in [5.41, 5.74) is 2.69. The molecule has 1 aliphatic carbocycles. The van der Waals surface area contributed by atoms with Crippen molar-refractivity contribution in [3.05, 3.63) is 59.9 Å². The van der Waals surface area contributed by atoms with E-state index in [9.17, 15) is 18.0 Å². The first kappa shape index (κ1) is 22.0. The van der Waals surface area contributed by atoms with E-state index in [1.807, 2.05) is 24.3 Å². The fourth-order valence-electron chi connectivity index (χ4n) is 3.76. The maximum Gasteiger partial charge on any atom is 0.242 e. The number of hydrogen-bond donors (Lipinski definition) is 3. The molecule has 1 fully saturated rings. The maximum absolute atomic E-state index is 12.4. The van der Waals surface area contributed by atoms with Crippen molar-refractivity contribution in [3.63, 3.8) is 0 Å². The van der Waals surface area contributed by atoms with E-state index in [0.29, 0.717) is 6.42 Å². The van der Waals surface area contributed by atoms with Crippen LogP contribution in [0.4, 0.5) is 0 Å². The van der Waals surface area contributed by atoms with Gasteiger partial charge in [-0.15, -0.1) is 0 Å². The Morgan fingerprint density at radius 3 is 2.56 bits per heavy atom. The largest absolute Gasteiger partial charge is 0.350 e. The monoisotopic (exact) mass is 454 g/mol. The van der Waals surface area contributed by atoms with E-state index in [2.05, 4.69) is 20.6 Å². The number of carbonyl (C=O) groups excluding carboxylic acids is 2. The molecule has 0 radical (unpaired) electrons. The summed E-state index contributed by atoms with van der Waals surface area (Å²) in [5.74, 6) is 0.923. The lowest BCUT2D eigenvalue weighted by molar-refractivity contribution is -0.128. The predicted molar refractivity (Wildman–Crippen MR) is 121 cm³/mol. The molecule has 3 N–H and O–H groups in total. The van der Waals surface area contributed by atoms with E-state index < -0.39 is 15.9 Å². The van der Waals surface area contributed by atoms with Crippen LogP contribution in [-0.4, -0.2) is 42.5 Å². The number of benzene rings is 2. The number of para-hydroxylation sites is 2. The van der Waals surface area contributed by atoms with Crippen LogP contribution in [0, 0.1) is 5.92 Å². The van der Waals surface area contributed by atoms with Gasteiger partial charge in [0.25, 0.3) is 0 Å². The molecule has 1 aromatic heterocycles. The number of H-pyrrole nitrogens is 1. The number of aromatic nitrogens is 2. The molecule has 0 unspecified atom stereocenters. The number of sulfone groups is 1. The van der Waals surface area contributed by atoms with Crippen LogP contribution in [0.1, 0.15) is 37.1 Å². The highest BCUT2D eigenvalue weighted by Gasteiger charge is 2.42.